The van der Waals surface area contributed by atoms with Gasteiger partial charge in [-0.25, -0.2) is 0 Å². The molecule has 0 aliphatic carbocycles. The molecule has 0 atom stereocenters. The highest BCUT2D eigenvalue weighted by Gasteiger charge is 2.08. The molecule has 1 aromatic carbocycles. The molecule has 0 spiro atoms. The van der Waals surface area contributed by atoms with E-state index in [2.05, 4.69) is 30.2 Å². The number of hydrogen-bond acceptors (Lipinski definition) is 2. The van der Waals surface area contributed by atoms with Crippen LogP contribution in [0.15, 0.2) is 30.5 Å². The standard InChI is InChI=1S/C14H17ClN2/c1-3-10(4-2)17-13-8-7-12(15)14-11(13)6-5-9-16-14/h5-10,17H,3-4H2,1-2H3. The summed E-state index contributed by atoms with van der Waals surface area (Å²) in [6.07, 6.45) is 4.00. The highest BCUT2D eigenvalue weighted by atomic mass is 35.5. The second-order valence-electron chi connectivity index (χ2n) is 4.15. The Kier molecular flexibility index (Phi) is 3.85. The highest BCUT2D eigenvalue weighted by molar-refractivity contribution is 6.35. The number of hydrogen-bond donors (Lipinski definition) is 1. The summed E-state index contributed by atoms with van der Waals surface area (Å²) in [6, 6.07) is 8.43. The molecule has 1 N–H and O–H groups in total. The Morgan fingerprint density at radius 2 is 2.00 bits per heavy atom. The van der Waals surface area contributed by atoms with E-state index in [0.29, 0.717) is 11.1 Å². The number of pyridine rings is 1. The average molecular weight is 249 g/mol. The summed E-state index contributed by atoms with van der Waals surface area (Å²) in [7, 11) is 0. The summed E-state index contributed by atoms with van der Waals surface area (Å²) in [5, 5.41) is 5.34. The fraction of sp³-hybridized carbons (Fsp3) is 0.357. The number of aromatic nitrogens is 1. The van der Waals surface area contributed by atoms with Gasteiger partial charge in [-0.1, -0.05) is 25.4 Å². The molecule has 0 fully saturated rings. The molecule has 90 valence electrons. The molecule has 17 heavy (non-hydrogen) atoms. The molecule has 0 saturated carbocycles. The number of nitrogens with one attached hydrogen (secondary N) is 1. The van der Waals surface area contributed by atoms with E-state index in [1.54, 1.807) is 6.20 Å². The van der Waals surface area contributed by atoms with E-state index < -0.39 is 0 Å². The van der Waals surface area contributed by atoms with E-state index in [9.17, 15) is 0 Å². The molecule has 3 heteroatoms. The summed E-state index contributed by atoms with van der Waals surface area (Å²) in [4.78, 5) is 4.33. The third-order valence-electron chi connectivity index (χ3n) is 3.07. The van der Waals surface area contributed by atoms with Gasteiger partial charge in [-0.3, -0.25) is 4.98 Å². The van der Waals surface area contributed by atoms with Crippen molar-refractivity contribution >= 4 is 28.2 Å². The average Bonchev–Trinajstić information content (AvgIpc) is 2.38. The van der Waals surface area contributed by atoms with Crippen LogP contribution in [-0.2, 0) is 0 Å². The number of nitrogens with zero attached hydrogens (tertiary/aromatic N) is 1. The van der Waals surface area contributed by atoms with Crippen LogP contribution in [0.3, 0.4) is 0 Å². The van der Waals surface area contributed by atoms with Gasteiger partial charge in [-0.15, -0.1) is 0 Å². The molecule has 0 bridgehead atoms. The van der Waals surface area contributed by atoms with Gasteiger partial charge in [0.2, 0.25) is 0 Å². The highest BCUT2D eigenvalue weighted by Crippen LogP contribution is 2.28. The molecule has 1 aromatic heterocycles. The first-order chi connectivity index (χ1) is 8.26. The first-order valence-electron chi connectivity index (χ1n) is 6.06. The van der Waals surface area contributed by atoms with Crippen molar-refractivity contribution in [3.05, 3.63) is 35.5 Å². The van der Waals surface area contributed by atoms with E-state index in [4.69, 9.17) is 11.6 Å². The lowest BCUT2D eigenvalue weighted by atomic mass is 10.1. The van der Waals surface area contributed by atoms with Crippen molar-refractivity contribution in [2.75, 3.05) is 5.32 Å². The minimum Gasteiger partial charge on any atom is -0.382 e. The molecule has 2 nitrogen and oxygen atoms in total. The van der Waals surface area contributed by atoms with E-state index >= 15 is 0 Å². The Morgan fingerprint density at radius 3 is 2.71 bits per heavy atom. The summed E-state index contributed by atoms with van der Waals surface area (Å²) >= 11 is 6.14. The minimum atomic E-state index is 0.500. The van der Waals surface area contributed by atoms with Gasteiger partial charge < -0.3 is 5.32 Å². The molecular formula is C14H17ClN2. The number of benzene rings is 1. The summed E-state index contributed by atoms with van der Waals surface area (Å²) < 4.78 is 0. The molecule has 0 aliphatic rings. The van der Waals surface area contributed by atoms with Crippen LogP contribution >= 0.6 is 11.6 Å². The summed E-state index contributed by atoms with van der Waals surface area (Å²) in [5.41, 5.74) is 1.98. The number of fused-ring (bicyclic) bond motifs is 1. The van der Waals surface area contributed by atoms with Crippen molar-refractivity contribution in [2.24, 2.45) is 0 Å². The van der Waals surface area contributed by atoms with Crippen LogP contribution in [0.2, 0.25) is 5.02 Å². The van der Waals surface area contributed by atoms with Crippen molar-refractivity contribution < 1.29 is 0 Å². The Labute approximate surface area is 107 Å². The van der Waals surface area contributed by atoms with Gasteiger partial charge in [0.1, 0.15) is 0 Å². The van der Waals surface area contributed by atoms with Crippen molar-refractivity contribution in [3.8, 4) is 0 Å². The first-order valence-corrected chi connectivity index (χ1v) is 6.43. The lowest BCUT2D eigenvalue weighted by Gasteiger charge is -2.18. The molecule has 0 saturated heterocycles. The van der Waals surface area contributed by atoms with Gasteiger partial charge in [0, 0.05) is 23.3 Å². The fourth-order valence-corrected chi connectivity index (χ4v) is 2.19. The third-order valence-corrected chi connectivity index (χ3v) is 3.37. The SMILES string of the molecule is CCC(CC)Nc1ccc(Cl)c2ncccc12. The third kappa shape index (κ3) is 2.52. The number of anilines is 1. The van der Waals surface area contributed by atoms with Gasteiger partial charge in [-0.2, -0.15) is 0 Å². The second-order valence-corrected chi connectivity index (χ2v) is 4.56. The zero-order chi connectivity index (χ0) is 12.3. The fourth-order valence-electron chi connectivity index (χ4n) is 1.98. The van der Waals surface area contributed by atoms with Crippen molar-refractivity contribution in [3.63, 3.8) is 0 Å². The molecule has 0 amide bonds. The topological polar surface area (TPSA) is 24.9 Å². The lowest BCUT2D eigenvalue weighted by molar-refractivity contribution is 0.672. The van der Waals surface area contributed by atoms with Crippen molar-refractivity contribution in [1.82, 2.24) is 4.98 Å². The van der Waals surface area contributed by atoms with E-state index in [-0.39, 0.29) is 0 Å². The largest absolute Gasteiger partial charge is 0.382 e. The van der Waals surface area contributed by atoms with E-state index in [1.807, 2.05) is 18.2 Å². The van der Waals surface area contributed by atoms with Crippen molar-refractivity contribution in [2.45, 2.75) is 32.7 Å². The molecule has 2 rings (SSSR count). The Bertz CT molecular complexity index is 507. The van der Waals surface area contributed by atoms with Gasteiger partial charge >= 0.3 is 0 Å². The Morgan fingerprint density at radius 1 is 1.24 bits per heavy atom. The normalized spacial score (nSPS) is 11.1. The predicted octanol–water partition coefficient (Wildman–Crippen LogP) is 4.49. The quantitative estimate of drug-likeness (QED) is 0.862. The van der Waals surface area contributed by atoms with Gasteiger partial charge in [0.05, 0.1) is 10.5 Å². The minimum absolute atomic E-state index is 0.500. The van der Waals surface area contributed by atoms with Crippen molar-refractivity contribution in [1.29, 1.82) is 0 Å². The maximum absolute atomic E-state index is 6.14. The van der Waals surface area contributed by atoms with Gasteiger partial charge in [0.15, 0.2) is 0 Å². The van der Waals surface area contributed by atoms with Crippen LogP contribution in [-0.4, -0.2) is 11.0 Å². The summed E-state index contributed by atoms with van der Waals surface area (Å²) in [6.45, 7) is 4.38. The van der Waals surface area contributed by atoms with Gasteiger partial charge in [0.25, 0.3) is 0 Å². The molecule has 1 heterocycles. The smallest absolute Gasteiger partial charge is 0.0908 e. The van der Waals surface area contributed by atoms with E-state index in [0.717, 1.165) is 29.4 Å². The number of halogens is 1. The van der Waals surface area contributed by atoms with Crippen LogP contribution in [0.4, 0.5) is 5.69 Å². The zero-order valence-corrected chi connectivity index (χ0v) is 11.0. The van der Waals surface area contributed by atoms with Crippen LogP contribution in [0.1, 0.15) is 26.7 Å². The molecular weight excluding hydrogens is 232 g/mol. The maximum Gasteiger partial charge on any atom is 0.0908 e. The van der Waals surface area contributed by atoms with Crippen LogP contribution < -0.4 is 5.32 Å². The Balaban J connectivity index is 2.44. The monoisotopic (exact) mass is 248 g/mol. The second kappa shape index (κ2) is 5.37. The van der Waals surface area contributed by atoms with Gasteiger partial charge in [-0.05, 0) is 37.1 Å². The summed E-state index contributed by atoms with van der Waals surface area (Å²) in [5.74, 6) is 0. The molecule has 0 unspecified atom stereocenters. The lowest BCUT2D eigenvalue weighted by Crippen LogP contribution is -2.17. The maximum atomic E-state index is 6.14. The zero-order valence-electron chi connectivity index (χ0n) is 10.2. The Hall–Kier alpha value is -1.28. The van der Waals surface area contributed by atoms with E-state index in [1.165, 1.54) is 0 Å². The molecule has 0 radical (unpaired) electrons. The number of rotatable bonds is 4. The molecule has 0 aliphatic heterocycles. The van der Waals surface area contributed by atoms with Crippen LogP contribution in [0, 0.1) is 0 Å². The van der Waals surface area contributed by atoms with Crippen LogP contribution in [0.25, 0.3) is 10.9 Å². The predicted molar refractivity (Wildman–Crippen MR) is 74.7 cm³/mol. The molecule has 2 aromatic rings. The first kappa shape index (κ1) is 12.2. The van der Waals surface area contributed by atoms with Crippen LogP contribution in [0.5, 0.6) is 0 Å².